The maximum absolute atomic E-state index is 12.3. The third-order valence-electron chi connectivity index (χ3n) is 3.97. The fourth-order valence-corrected chi connectivity index (χ4v) is 3.77. The maximum Gasteiger partial charge on any atom is 0.267 e. The average molecular weight is 362 g/mol. The lowest BCUT2D eigenvalue weighted by Gasteiger charge is -2.01. The standard InChI is InChI=1S/C19H14N4O2S/c24-15(18(25)19-21-11-22-23-19)10-14-13(8-9-20-14)17-7-6-16(26-17)12-4-2-1-3-5-12/h1-9,11,20H,10H2,(H,21,22,23). The Kier molecular flexibility index (Phi) is 4.28. The van der Waals surface area contributed by atoms with E-state index in [9.17, 15) is 9.59 Å². The van der Waals surface area contributed by atoms with Gasteiger partial charge in [-0.05, 0) is 23.8 Å². The minimum atomic E-state index is -0.692. The highest BCUT2D eigenvalue weighted by molar-refractivity contribution is 7.18. The molecule has 0 radical (unpaired) electrons. The highest BCUT2D eigenvalue weighted by atomic mass is 32.1. The van der Waals surface area contributed by atoms with Gasteiger partial charge in [0, 0.05) is 27.2 Å². The van der Waals surface area contributed by atoms with E-state index >= 15 is 0 Å². The Balaban J connectivity index is 1.57. The van der Waals surface area contributed by atoms with Gasteiger partial charge in [0.25, 0.3) is 5.78 Å². The number of benzene rings is 1. The topological polar surface area (TPSA) is 91.5 Å². The van der Waals surface area contributed by atoms with Crippen LogP contribution in [0.25, 0.3) is 20.9 Å². The van der Waals surface area contributed by atoms with Crippen molar-refractivity contribution in [3.8, 4) is 20.9 Å². The van der Waals surface area contributed by atoms with Crippen molar-refractivity contribution in [1.82, 2.24) is 20.2 Å². The largest absolute Gasteiger partial charge is 0.364 e. The van der Waals surface area contributed by atoms with Crippen LogP contribution in [0.1, 0.15) is 16.3 Å². The maximum atomic E-state index is 12.3. The Morgan fingerprint density at radius 2 is 1.81 bits per heavy atom. The number of carbonyl (C=O) groups excluding carboxylic acids is 2. The summed E-state index contributed by atoms with van der Waals surface area (Å²) >= 11 is 1.65. The molecule has 0 fully saturated rings. The average Bonchev–Trinajstić information content (AvgIpc) is 3.42. The molecule has 7 heteroatoms. The van der Waals surface area contributed by atoms with Crippen molar-refractivity contribution < 1.29 is 9.59 Å². The fraction of sp³-hybridized carbons (Fsp3) is 0.0526. The van der Waals surface area contributed by atoms with Crippen molar-refractivity contribution in [3.63, 3.8) is 0 Å². The van der Waals surface area contributed by atoms with Crippen molar-refractivity contribution in [2.75, 3.05) is 0 Å². The summed E-state index contributed by atoms with van der Waals surface area (Å²) in [6.45, 7) is 0. The molecule has 0 amide bonds. The molecule has 0 aliphatic heterocycles. The van der Waals surface area contributed by atoms with Crippen LogP contribution < -0.4 is 0 Å². The number of hydrogen-bond donors (Lipinski definition) is 2. The highest BCUT2D eigenvalue weighted by Gasteiger charge is 2.22. The third kappa shape index (κ3) is 3.12. The normalized spacial score (nSPS) is 10.8. The van der Waals surface area contributed by atoms with Gasteiger partial charge in [-0.15, -0.1) is 16.4 Å². The summed E-state index contributed by atoms with van der Waals surface area (Å²) in [6, 6.07) is 16.1. The number of thiophene rings is 1. The van der Waals surface area contributed by atoms with Crippen LogP contribution >= 0.6 is 11.3 Å². The van der Waals surface area contributed by atoms with Gasteiger partial charge >= 0.3 is 0 Å². The molecule has 3 heterocycles. The van der Waals surface area contributed by atoms with Crippen LogP contribution in [0.3, 0.4) is 0 Å². The Hall–Kier alpha value is -3.32. The monoisotopic (exact) mass is 362 g/mol. The van der Waals surface area contributed by atoms with Gasteiger partial charge in [0.2, 0.25) is 11.6 Å². The molecule has 0 saturated carbocycles. The molecule has 4 aromatic rings. The Labute approximate surface area is 152 Å². The van der Waals surface area contributed by atoms with E-state index in [1.807, 2.05) is 30.3 Å². The smallest absolute Gasteiger partial charge is 0.267 e. The van der Waals surface area contributed by atoms with Crippen LogP contribution in [0.2, 0.25) is 0 Å². The number of hydrogen-bond acceptors (Lipinski definition) is 5. The number of nitrogens with zero attached hydrogens (tertiary/aromatic N) is 2. The molecule has 4 rings (SSSR count). The summed E-state index contributed by atoms with van der Waals surface area (Å²) < 4.78 is 0. The van der Waals surface area contributed by atoms with Crippen LogP contribution in [-0.4, -0.2) is 31.7 Å². The molecule has 0 unspecified atom stereocenters. The summed E-state index contributed by atoms with van der Waals surface area (Å²) in [5.74, 6) is -1.35. The van der Waals surface area contributed by atoms with Crippen LogP contribution in [0.15, 0.2) is 61.1 Å². The summed E-state index contributed by atoms with van der Waals surface area (Å²) in [5, 5.41) is 6.11. The molecule has 6 nitrogen and oxygen atoms in total. The number of nitrogens with one attached hydrogen (secondary N) is 2. The lowest BCUT2D eigenvalue weighted by atomic mass is 10.1. The van der Waals surface area contributed by atoms with Gasteiger partial charge in [-0.2, -0.15) is 0 Å². The van der Waals surface area contributed by atoms with Crippen LogP contribution in [0.5, 0.6) is 0 Å². The van der Waals surface area contributed by atoms with E-state index in [1.54, 1.807) is 17.5 Å². The molecule has 0 bridgehead atoms. The van der Waals surface area contributed by atoms with E-state index in [0.29, 0.717) is 5.69 Å². The molecule has 0 aliphatic carbocycles. The van der Waals surface area contributed by atoms with Crippen molar-refractivity contribution in [1.29, 1.82) is 0 Å². The first-order valence-electron chi connectivity index (χ1n) is 7.97. The molecule has 1 aromatic carbocycles. The van der Waals surface area contributed by atoms with Crippen molar-refractivity contribution in [3.05, 3.63) is 72.6 Å². The zero-order chi connectivity index (χ0) is 17.9. The predicted molar refractivity (Wildman–Crippen MR) is 99.0 cm³/mol. The molecular weight excluding hydrogens is 348 g/mol. The number of aromatic nitrogens is 4. The Morgan fingerprint density at radius 1 is 1.00 bits per heavy atom. The van der Waals surface area contributed by atoms with Gasteiger partial charge < -0.3 is 4.98 Å². The number of ketones is 2. The van der Waals surface area contributed by atoms with Gasteiger partial charge in [-0.1, -0.05) is 30.3 Å². The first-order chi connectivity index (χ1) is 12.7. The quantitative estimate of drug-likeness (QED) is 0.405. The Bertz CT molecular complexity index is 1050. The number of rotatable bonds is 6. The Morgan fingerprint density at radius 3 is 2.58 bits per heavy atom. The summed E-state index contributed by atoms with van der Waals surface area (Å²) in [4.78, 5) is 33.3. The van der Waals surface area contributed by atoms with Gasteiger partial charge in [0.15, 0.2) is 0 Å². The van der Waals surface area contributed by atoms with Crippen molar-refractivity contribution in [2.24, 2.45) is 0 Å². The predicted octanol–water partition coefficient (Wildman–Crippen LogP) is 3.52. The zero-order valence-corrected chi connectivity index (χ0v) is 14.4. The van der Waals surface area contributed by atoms with Crippen LogP contribution in [-0.2, 0) is 11.2 Å². The molecule has 0 spiro atoms. The van der Waals surface area contributed by atoms with Crippen molar-refractivity contribution >= 4 is 22.9 Å². The fourth-order valence-electron chi connectivity index (χ4n) is 2.71. The van der Waals surface area contributed by atoms with Crippen LogP contribution in [0.4, 0.5) is 0 Å². The van der Waals surface area contributed by atoms with E-state index in [1.165, 1.54) is 6.33 Å². The first-order valence-corrected chi connectivity index (χ1v) is 8.79. The van der Waals surface area contributed by atoms with E-state index < -0.39 is 11.6 Å². The lowest BCUT2D eigenvalue weighted by molar-refractivity contribution is -0.114. The molecule has 0 saturated heterocycles. The lowest BCUT2D eigenvalue weighted by Crippen LogP contribution is -2.18. The zero-order valence-electron chi connectivity index (χ0n) is 13.6. The van der Waals surface area contributed by atoms with Crippen molar-refractivity contribution in [2.45, 2.75) is 6.42 Å². The molecule has 0 atom stereocenters. The molecule has 3 aromatic heterocycles. The van der Waals surface area contributed by atoms with Crippen LogP contribution in [0, 0.1) is 0 Å². The van der Waals surface area contributed by atoms with Gasteiger partial charge in [0.05, 0.1) is 6.42 Å². The van der Waals surface area contributed by atoms with Gasteiger partial charge in [0.1, 0.15) is 6.33 Å². The highest BCUT2D eigenvalue weighted by Crippen LogP contribution is 2.35. The second kappa shape index (κ2) is 6.89. The first kappa shape index (κ1) is 16.2. The summed E-state index contributed by atoms with van der Waals surface area (Å²) in [5.41, 5.74) is 2.78. The molecule has 128 valence electrons. The minimum Gasteiger partial charge on any atom is -0.364 e. The summed E-state index contributed by atoms with van der Waals surface area (Å²) in [6.07, 6.45) is 3.03. The molecule has 26 heavy (non-hydrogen) atoms. The number of H-pyrrole nitrogens is 2. The van der Waals surface area contributed by atoms with Gasteiger partial charge in [-0.3, -0.25) is 14.7 Å². The molecule has 2 N–H and O–H groups in total. The minimum absolute atomic E-state index is 0.0196. The van der Waals surface area contributed by atoms with E-state index in [0.717, 1.165) is 20.9 Å². The third-order valence-corrected chi connectivity index (χ3v) is 5.14. The number of Topliss-reactive ketones (excluding diaryl/α,β-unsaturated/α-hetero) is 2. The number of aromatic amines is 2. The van der Waals surface area contributed by atoms with Gasteiger partial charge in [-0.25, -0.2) is 4.98 Å². The van der Waals surface area contributed by atoms with E-state index in [4.69, 9.17) is 0 Å². The van der Waals surface area contributed by atoms with E-state index in [2.05, 4.69) is 38.4 Å². The SMILES string of the molecule is O=C(Cc1[nH]ccc1-c1ccc(-c2ccccc2)s1)C(=O)c1nc[nH]n1. The second-order valence-electron chi connectivity index (χ2n) is 5.65. The second-order valence-corrected chi connectivity index (χ2v) is 6.74. The van der Waals surface area contributed by atoms with E-state index in [-0.39, 0.29) is 12.2 Å². The summed E-state index contributed by atoms with van der Waals surface area (Å²) in [7, 11) is 0. The molecule has 0 aliphatic rings. The molecular formula is C19H14N4O2S. The number of carbonyl (C=O) groups is 2.